The van der Waals surface area contributed by atoms with E-state index in [1.807, 2.05) is 84.9 Å². The van der Waals surface area contributed by atoms with Gasteiger partial charge in [0, 0.05) is 18.1 Å². The van der Waals surface area contributed by atoms with Gasteiger partial charge in [0.25, 0.3) is 5.91 Å². The Labute approximate surface area is 168 Å². The molecular weight excluding hydrogens is 364 g/mol. The summed E-state index contributed by atoms with van der Waals surface area (Å²) in [6.45, 7) is 1.40. The predicted octanol–water partition coefficient (Wildman–Crippen LogP) is 3.36. The number of para-hydroxylation sites is 2. The first-order valence-electron chi connectivity index (χ1n) is 9.28. The van der Waals surface area contributed by atoms with Crippen LogP contribution in [0.4, 0.5) is 11.4 Å². The van der Waals surface area contributed by atoms with Crippen LogP contribution in [0.5, 0.6) is 0 Å². The van der Waals surface area contributed by atoms with Crippen LogP contribution in [0.1, 0.15) is 18.1 Å². The third kappa shape index (κ3) is 3.87. The summed E-state index contributed by atoms with van der Waals surface area (Å²) in [6, 6.07) is 26.4. The molecule has 6 nitrogen and oxygen atoms in total. The highest BCUT2D eigenvalue weighted by atomic mass is 16.2. The topological polar surface area (TPSA) is 73.8 Å². The summed E-state index contributed by atoms with van der Waals surface area (Å²) in [7, 11) is 0. The molecule has 29 heavy (non-hydrogen) atoms. The number of hydrogen-bond acceptors (Lipinski definition) is 4. The van der Waals surface area contributed by atoms with Gasteiger partial charge < -0.3 is 5.32 Å². The van der Waals surface area contributed by atoms with Gasteiger partial charge in [0.05, 0.1) is 17.1 Å². The van der Waals surface area contributed by atoms with Gasteiger partial charge in [0.15, 0.2) is 0 Å². The Kier molecular flexibility index (Phi) is 5.07. The van der Waals surface area contributed by atoms with Crippen LogP contribution in [0.15, 0.2) is 89.9 Å². The van der Waals surface area contributed by atoms with Crippen LogP contribution in [0.25, 0.3) is 0 Å². The molecule has 3 aromatic carbocycles. The minimum atomic E-state index is -0.982. The number of anilines is 2. The molecule has 1 unspecified atom stereocenters. The molecule has 0 aromatic heterocycles. The Bertz CT molecular complexity index is 1060. The number of aliphatic imine (C=N–C) groups is 1. The Morgan fingerprint density at radius 2 is 1.55 bits per heavy atom. The third-order valence-electron chi connectivity index (χ3n) is 4.53. The molecule has 3 aromatic rings. The van der Waals surface area contributed by atoms with Crippen LogP contribution < -0.4 is 15.8 Å². The highest BCUT2D eigenvalue weighted by molar-refractivity contribution is 6.20. The third-order valence-corrected chi connectivity index (χ3v) is 4.53. The zero-order chi connectivity index (χ0) is 20.2. The highest BCUT2D eigenvalue weighted by Crippen LogP contribution is 2.26. The molecule has 0 saturated carbocycles. The van der Waals surface area contributed by atoms with Crippen molar-refractivity contribution in [1.29, 1.82) is 0 Å². The zero-order valence-corrected chi connectivity index (χ0v) is 15.9. The zero-order valence-electron chi connectivity index (χ0n) is 15.9. The van der Waals surface area contributed by atoms with Crippen LogP contribution in [-0.4, -0.2) is 23.7 Å². The number of amides is 2. The second kappa shape index (κ2) is 7.98. The number of benzene rings is 3. The summed E-state index contributed by atoms with van der Waals surface area (Å²) in [5, 5.41) is 4.44. The maximum Gasteiger partial charge on any atom is 0.271 e. The van der Waals surface area contributed by atoms with Crippen LogP contribution in [0.3, 0.4) is 0 Å². The normalized spacial score (nSPS) is 15.4. The predicted molar refractivity (Wildman–Crippen MR) is 114 cm³/mol. The minimum Gasteiger partial charge on any atom is -0.322 e. The number of fused-ring (bicyclic) bond motifs is 1. The van der Waals surface area contributed by atoms with Crippen molar-refractivity contribution in [3.8, 4) is 0 Å². The van der Waals surface area contributed by atoms with E-state index in [2.05, 4.69) is 10.7 Å². The lowest BCUT2D eigenvalue weighted by Crippen LogP contribution is -2.52. The second-order valence-corrected chi connectivity index (χ2v) is 6.63. The van der Waals surface area contributed by atoms with Gasteiger partial charge in [-0.3, -0.25) is 20.0 Å². The maximum absolute atomic E-state index is 13.1. The van der Waals surface area contributed by atoms with E-state index in [0.717, 1.165) is 11.1 Å². The molecule has 6 heteroatoms. The van der Waals surface area contributed by atoms with E-state index in [4.69, 9.17) is 4.99 Å². The molecule has 1 heterocycles. The Balaban J connectivity index is 1.88. The largest absolute Gasteiger partial charge is 0.322 e. The Morgan fingerprint density at radius 3 is 2.24 bits per heavy atom. The summed E-state index contributed by atoms with van der Waals surface area (Å²) >= 11 is 0. The number of nitrogens with zero attached hydrogens (tertiary/aromatic N) is 2. The number of carbonyl (C=O) groups excluding carboxylic acids is 2. The fourth-order valence-electron chi connectivity index (χ4n) is 3.27. The van der Waals surface area contributed by atoms with E-state index in [0.29, 0.717) is 17.1 Å². The molecule has 2 amide bonds. The summed E-state index contributed by atoms with van der Waals surface area (Å²) in [5.41, 5.74) is 6.47. The van der Waals surface area contributed by atoms with Crippen molar-refractivity contribution in [1.82, 2.24) is 5.43 Å². The van der Waals surface area contributed by atoms with E-state index in [1.165, 1.54) is 11.9 Å². The lowest BCUT2D eigenvalue weighted by Gasteiger charge is -2.29. The van der Waals surface area contributed by atoms with Gasteiger partial charge in [-0.05, 0) is 18.2 Å². The number of hydrazine groups is 1. The van der Waals surface area contributed by atoms with Crippen molar-refractivity contribution in [3.05, 3.63) is 96.1 Å². The monoisotopic (exact) mass is 384 g/mol. The Hall–Kier alpha value is -3.93. The molecule has 2 N–H and O–H groups in total. The van der Waals surface area contributed by atoms with E-state index in [9.17, 15) is 9.59 Å². The van der Waals surface area contributed by atoms with Crippen LogP contribution >= 0.6 is 0 Å². The molecule has 0 bridgehead atoms. The number of carbonyl (C=O) groups is 2. The molecule has 0 fully saturated rings. The molecule has 0 aliphatic carbocycles. The van der Waals surface area contributed by atoms with Crippen molar-refractivity contribution in [3.63, 3.8) is 0 Å². The Morgan fingerprint density at radius 1 is 0.931 bits per heavy atom. The van der Waals surface area contributed by atoms with Gasteiger partial charge in [-0.2, -0.15) is 0 Å². The summed E-state index contributed by atoms with van der Waals surface area (Å²) in [6.07, 6.45) is -0.982. The molecule has 1 atom stereocenters. The van der Waals surface area contributed by atoms with Crippen LogP contribution in [0.2, 0.25) is 0 Å². The molecule has 4 rings (SSSR count). The molecular formula is C23H20N4O2. The SMILES string of the molecule is CC(=O)NN(c1ccccc1)C1N=C(c2ccccc2)c2ccccc2NC1=O. The van der Waals surface area contributed by atoms with E-state index >= 15 is 0 Å². The number of nitrogens with one attached hydrogen (secondary N) is 2. The molecule has 0 saturated heterocycles. The van der Waals surface area contributed by atoms with Crippen molar-refractivity contribution in [2.75, 3.05) is 10.3 Å². The first-order chi connectivity index (χ1) is 14.1. The fraction of sp³-hybridized carbons (Fsp3) is 0.0870. The van der Waals surface area contributed by atoms with Gasteiger partial charge in [0.2, 0.25) is 12.1 Å². The second-order valence-electron chi connectivity index (χ2n) is 6.63. The molecule has 1 aliphatic rings. The molecule has 144 valence electrons. The summed E-state index contributed by atoms with van der Waals surface area (Å²) < 4.78 is 0. The smallest absolute Gasteiger partial charge is 0.271 e. The first-order valence-corrected chi connectivity index (χ1v) is 9.28. The van der Waals surface area contributed by atoms with E-state index in [-0.39, 0.29) is 11.8 Å². The summed E-state index contributed by atoms with van der Waals surface area (Å²) in [4.78, 5) is 29.9. The van der Waals surface area contributed by atoms with Gasteiger partial charge in [-0.25, -0.2) is 4.99 Å². The average Bonchev–Trinajstić information content (AvgIpc) is 2.89. The van der Waals surface area contributed by atoms with Gasteiger partial charge in [-0.15, -0.1) is 0 Å². The van der Waals surface area contributed by atoms with Crippen molar-refractivity contribution in [2.45, 2.75) is 13.1 Å². The maximum atomic E-state index is 13.1. The van der Waals surface area contributed by atoms with E-state index < -0.39 is 6.17 Å². The highest BCUT2D eigenvalue weighted by Gasteiger charge is 2.31. The molecule has 0 spiro atoms. The van der Waals surface area contributed by atoms with Gasteiger partial charge in [0.1, 0.15) is 0 Å². The number of hydrogen-bond donors (Lipinski definition) is 2. The minimum absolute atomic E-state index is 0.292. The molecule has 1 aliphatic heterocycles. The lowest BCUT2D eigenvalue weighted by atomic mass is 10.0. The summed E-state index contributed by atoms with van der Waals surface area (Å²) in [5.74, 6) is -0.624. The quantitative estimate of drug-likeness (QED) is 0.678. The first kappa shape index (κ1) is 18.4. The number of rotatable bonds is 4. The van der Waals surface area contributed by atoms with E-state index in [1.54, 1.807) is 0 Å². The number of benzodiazepines with no additional fused rings is 1. The molecule has 0 radical (unpaired) electrons. The van der Waals surface area contributed by atoms with Crippen molar-refractivity contribution >= 4 is 28.9 Å². The van der Waals surface area contributed by atoms with Crippen LogP contribution in [0, 0.1) is 0 Å². The van der Waals surface area contributed by atoms with Gasteiger partial charge in [-0.1, -0.05) is 66.7 Å². The standard InChI is InChI=1S/C23H20N4O2/c1-16(28)26-27(18-12-6-3-7-13-18)22-23(29)24-20-15-9-8-14-19(20)21(25-22)17-10-4-2-5-11-17/h2-15,22H,1H3,(H,24,29)(H,26,28). The fourth-order valence-corrected chi connectivity index (χ4v) is 3.27. The van der Waals surface area contributed by atoms with Crippen molar-refractivity contribution in [2.24, 2.45) is 4.99 Å². The van der Waals surface area contributed by atoms with Crippen molar-refractivity contribution < 1.29 is 9.59 Å². The lowest BCUT2D eigenvalue weighted by molar-refractivity contribution is -0.120. The van der Waals surface area contributed by atoms with Crippen LogP contribution in [-0.2, 0) is 9.59 Å². The van der Waals surface area contributed by atoms with Gasteiger partial charge >= 0.3 is 0 Å². The average molecular weight is 384 g/mol.